The Morgan fingerprint density at radius 1 is 1.78 bits per heavy atom. The lowest BCUT2D eigenvalue weighted by atomic mass is 10.2. The van der Waals surface area contributed by atoms with Gasteiger partial charge in [-0.15, -0.1) is 0 Å². The normalized spacial score (nSPS) is 21.0. The van der Waals surface area contributed by atoms with Gasteiger partial charge in [0.15, 0.2) is 0 Å². The minimum Gasteiger partial charge on any atom is -0.192 e. The molecule has 0 radical (unpaired) electrons. The molecule has 0 amide bonds. The standard InChI is InChI=1S/C8H7N/c1-7-3-2-4-8(5-7)6-9/h2-5H,1H3/i1D3,2D,3D,4D,5D. The van der Waals surface area contributed by atoms with E-state index >= 15 is 0 Å². The molecule has 1 rings (SSSR count). The number of rotatable bonds is 0. The highest BCUT2D eigenvalue weighted by molar-refractivity contribution is 5.31. The Balaban J connectivity index is 3.78. The zero-order chi connectivity index (χ0) is 12.7. The van der Waals surface area contributed by atoms with E-state index in [9.17, 15) is 0 Å². The van der Waals surface area contributed by atoms with Gasteiger partial charge >= 0.3 is 0 Å². The van der Waals surface area contributed by atoms with Gasteiger partial charge in [0.1, 0.15) is 0 Å². The van der Waals surface area contributed by atoms with Crippen molar-refractivity contribution in [3.63, 3.8) is 0 Å². The van der Waals surface area contributed by atoms with Crippen LogP contribution in [0.15, 0.2) is 24.2 Å². The third kappa shape index (κ3) is 1.30. The lowest BCUT2D eigenvalue weighted by Crippen LogP contribution is -1.73. The molecule has 0 heterocycles. The molecule has 0 saturated heterocycles. The maximum atomic E-state index is 8.69. The molecule has 0 aliphatic heterocycles. The van der Waals surface area contributed by atoms with Crippen LogP contribution in [-0.2, 0) is 0 Å². The molecule has 1 nitrogen and oxygen atoms in total. The highest BCUT2D eigenvalue weighted by Crippen LogP contribution is 2.00. The van der Waals surface area contributed by atoms with Crippen LogP contribution in [0, 0.1) is 18.2 Å². The molecule has 0 saturated carbocycles. The SMILES string of the molecule is [2H]c1c([2H])c(C#N)c([2H])c(C([2H])([2H])[2H])c1[2H]. The highest BCUT2D eigenvalue weighted by Gasteiger charge is 1.86. The predicted molar refractivity (Wildman–Crippen MR) is 35.9 cm³/mol. The number of hydrogen-bond acceptors (Lipinski definition) is 1. The van der Waals surface area contributed by atoms with Crippen LogP contribution in [0.1, 0.15) is 20.7 Å². The van der Waals surface area contributed by atoms with Crippen molar-refractivity contribution >= 4 is 0 Å². The second kappa shape index (κ2) is 2.32. The third-order valence-corrected chi connectivity index (χ3v) is 0.737. The molecule has 9 heavy (non-hydrogen) atoms. The summed E-state index contributed by atoms with van der Waals surface area (Å²) >= 11 is 0. The molecule has 0 aromatic heterocycles. The number of nitriles is 1. The van der Waals surface area contributed by atoms with E-state index in [0.29, 0.717) is 0 Å². The molecular formula is C8H7N. The molecule has 1 aromatic carbocycles. The van der Waals surface area contributed by atoms with Crippen molar-refractivity contribution in [3.05, 3.63) is 35.3 Å². The fraction of sp³-hybridized carbons (Fsp3) is 0.125. The van der Waals surface area contributed by atoms with Crippen LogP contribution >= 0.6 is 0 Å². The van der Waals surface area contributed by atoms with E-state index in [4.69, 9.17) is 14.9 Å². The first-order valence-corrected chi connectivity index (χ1v) is 2.22. The first-order chi connectivity index (χ1) is 7.21. The molecule has 0 bridgehead atoms. The summed E-state index contributed by atoms with van der Waals surface area (Å²) in [6, 6.07) is -1.05. The van der Waals surface area contributed by atoms with Crippen LogP contribution in [0.3, 0.4) is 0 Å². The molecule has 0 unspecified atom stereocenters. The molecule has 0 aliphatic carbocycles. The summed E-state index contributed by atoms with van der Waals surface area (Å²) in [5.74, 6) is 0. The van der Waals surface area contributed by atoms with E-state index in [1.54, 1.807) is 0 Å². The monoisotopic (exact) mass is 124 g/mol. The predicted octanol–water partition coefficient (Wildman–Crippen LogP) is 1.87. The summed E-state index contributed by atoms with van der Waals surface area (Å²) in [7, 11) is 0. The van der Waals surface area contributed by atoms with Crippen LogP contribution in [0.2, 0.25) is 0 Å². The van der Waals surface area contributed by atoms with Crippen molar-refractivity contribution < 1.29 is 9.60 Å². The van der Waals surface area contributed by atoms with Crippen molar-refractivity contribution in [2.24, 2.45) is 0 Å². The summed E-state index contributed by atoms with van der Waals surface area (Å²) in [5, 5.41) is 8.69. The van der Waals surface area contributed by atoms with Gasteiger partial charge in [-0.25, -0.2) is 0 Å². The van der Waals surface area contributed by atoms with E-state index in [-0.39, 0.29) is 0 Å². The number of nitrogens with zero attached hydrogens (tertiary/aromatic N) is 1. The van der Waals surface area contributed by atoms with Gasteiger partial charge in [-0.05, 0) is 24.5 Å². The van der Waals surface area contributed by atoms with Crippen LogP contribution in [0.5, 0.6) is 0 Å². The van der Waals surface area contributed by atoms with Gasteiger partial charge in [0.25, 0.3) is 0 Å². The van der Waals surface area contributed by atoms with E-state index in [1.807, 2.05) is 0 Å². The molecule has 0 spiro atoms. The summed E-state index contributed by atoms with van der Waals surface area (Å²) in [5.41, 5.74) is -1.13. The highest BCUT2D eigenvalue weighted by atomic mass is 14.2. The van der Waals surface area contributed by atoms with Gasteiger partial charge in [-0.2, -0.15) is 5.26 Å². The Morgan fingerprint density at radius 2 is 2.67 bits per heavy atom. The fourth-order valence-corrected chi connectivity index (χ4v) is 0.400. The molecule has 0 N–H and O–H groups in total. The van der Waals surface area contributed by atoms with Crippen molar-refractivity contribution in [2.75, 3.05) is 0 Å². The first-order valence-electron chi connectivity index (χ1n) is 5.72. The van der Waals surface area contributed by atoms with Crippen LogP contribution in [0.4, 0.5) is 0 Å². The Morgan fingerprint density at radius 3 is 3.33 bits per heavy atom. The molecule has 0 aliphatic rings. The van der Waals surface area contributed by atoms with E-state index in [0.717, 1.165) is 0 Å². The molecule has 1 aromatic rings. The van der Waals surface area contributed by atoms with E-state index in [1.165, 1.54) is 6.07 Å². The summed E-state index contributed by atoms with van der Waals surface area (Å²) in [4.78, 5) is 0. The van der Waals surface area contributed by atoms with Crippen molar-refractivity contribution in [3.8, 4) is 6.07 Å². The van der Waals surface area contributed by atoms with Crippen LogP contribution < -0.4 is 0 Å². The molecule has 0 atom stereocenters. The Labute approximate surface area is 64.4 Å². The summed E-state index contributed by atoms with van der Waals surface area (Å²) < 4.78 is 51.0. The van der Waals surface area contributed by atoms with Crippen LogP contribution in [-0.4, -0.2) is 0 Å². The van der Waals surface area contributed by atoms with Gasteiger partial charge < -0.3 is 0 Å². The molecule has 44 valence electrons. The minimum atomic E-state index is -2.73. The van der Waals surface area contributed by atoms with E-state index in [2.05, 4.69) is 0 Å². The smallest absolute Gasteiger partial charge is 0.0991 e. The number of hydrogen-bond donors (Lipinski definition) is 0. The first kappa shape index (κ1) is 1.60. The molecule has 1 heteroatoms. The zero-order valence-corrected chi connectivity index (χ0v) is 4.45. The van der Waals surface area contributed by atoms with Gasteiger partial charge in [0, 0.05) is 4.11 Å². The summed E-state index contributed by atoms with van der Waals surface area (Å²) in [6.07, 6.45) is 0. The average Bonchev–Trinajstić information content (AvgIpc) is 2.13. The topological polar surface area (TPSA) is 23.8 Å². The fourth-order valence-electron chi connectivity index (χ4n) is 0.400. The van der Waals surface area contributed by atoms with Gasteiger partial charge in [0.05, 0.1) is 17.1 Å². The quantitative estimate of drug-likeness (QED) is 0.518. The summed E-state index contributed by atoms with van der Waals surface area (Å²) in [6.45, 7) is -2.73. The largest absolute Gasteiger partial charge is 0.192 e. The lowest BCUT2D eigenvalue weighted by molar-refractivity contribution is 1.42. The van der Waals surface area contributed by atoms with Gasteiger partial charge in [0.2, 0.25) is 0 Å². The maximum Gasteiger partial charge on any atom is 0.0991 e. The lowest BCUT2D eigenvalue weighted by Gasteiger charge is -1.88. The van der Waals surface area contributed by atoms with Crippen molar-refractivity contribution in [1.82, 2.24) is 0 Å². The van der Waals surface area contributed by atoms with Gasteiger partial charge in [-0.3, -0.25) is 0 Å². The minimum absolute atomic E-state index is 0.480. The second-order valence-corrected chi connectivity index (χ2v) is 1.36. The maximum absolute atomic E-state index is 8.69. The second-order valence-electron chi connectivity index (χ2n) is 1.36. The van der Waals surface area contributed by atoms with Crippen molar-refractivity contribution in [2.45, 2.75) is 6.85 Å². The van der Waals surface area contributed by atoms with Crippen LogP contribution in [0.25, 0.3) is 0 Å². The third-order valence-electron chi connectivity index (χ3n) is 0.737. The molecule has 0 fully saturated rings. The van der Waals surface area contributed by atoms with Gasteiger partial charge in [-0.1, -0.05) is 12.1 Å². The zero-order valence-electron chi connectivity index (χ0n) is 11.4. The van der Waals surface area contributed by atoms with E-state index < -0.39 is 42.1 Å². The Kier molecular flexibility index (Phi) is 0.414. The number of benzene rings is 1. The Bertz CT molecular complexity index is 483. The molecular weight excluding hydrogens is 110 g/mol. The van der Waals surface area contributed by atoms with Crippen molar-refractivity contribution in [1.29, 1.82) is 5.26 Å². The average molecular weight is 124 g/mol. The Hall–Kier alpha value is -1.29.